The minimum atomic E-state index is -0.232. The molecule has 0 unspecified atom stereocenters. The summed E-state index contributed by atoms with van der Waals surface area (Å²) in [5.74, 6) is -0.157. The first-order chi connectivity index (χ1) is 17.0. The van der Waals surface area contributed by atoms with Crippen molar-refractivity contribution >= 4 is 56.5 Å². The monoisotopic (exact) mass is 517 g/mol. The van der Waals surface area contributed by atoms with E-state index in [9.17, 15) is 9.59 Å². The van der Waals surface area contributed by atoms with Crippen LogP contribution in [0, 0.1) is 6.92 Å². The Morgan fingerprint density at radius 2 is 1.66 bits per heavy atom. The highest BCUT2D eigenvalue weighted by atomic mass is 35.5. The van der Waals surface area contributed by atoms with Gasteiger partial charge in [-0.25, -0.2) is 4.98 Å². The van der Waals surface area contributed by atoms with Gasteiger partial charge in [-0.3, -0.25) is 14.2 Å². The van der Waals surface area contributed by atoms with Gasteiger partial charge in [0.1, 0.15) is 4.83 Å². The number of carbonyl (C=O) groups is 1. The Morgan fingerprint density at radius 3 is 2.37 bits per heavy atom. The van der Waals surface area contributed by atoms with Crippen LogP contribution in [0.5, 0.6) is 0 Å². The number of carbonyl (C=O) groups excluding carboxylic acids is 1. The first-order valence-corrected chi connectivity index (χ1v) is 13.0. The van der Waals surface area contributed by atoms with Crippen LogP contribution in [0.25, 0.3) is 27.0 Å². The van der Waals surface area contributed by atoms with Crippen molar-refractivity contribution in [3.63, 3.8) is 0 Å². The molecular formula is C27H20ClN3O2S2. The summed E-state index contributed by atoms with van der Waals surface area (Å²) in [5.41, 5.74) is 2.97. The Bertz CT molecular complexity index is 1580. The maximum absolute atomic E-state index is 13.9. The van der Waals surface area contributed by atoms with Gasteiger partial charge >= 0.3 is 0 Å². The predicted molar refractivity (Wildman–Crippen MR) is 146 cm³/mol. The number of anilines is 1. The molecule has 174 valence electrons. The zero-order valence-electron chi connectivity index (χ0n) is 18.7. The Hall–Kier alpha value is -3.39. The number of rotatable bonds is 6. The van der Waals surface area contributed by atoms with Crippen LogP contribution in [-0.2, 0) is 4.79 Å². The number of aromatic nitrogens is 2. The zero-order chi connectivity index (χ0) is 24.4. The molecule has 5 rings (SSSR count). The summed E-state index contributed by atoms with van der Waals surface area (Å²) < 4.78 is 1.59. The number of amides is 1. The molecular weight excluding hydrogens is 498 g/mol. The van der Waals surface area contributed by atoms with Gasteiger partial charge in [-0.05, 0) is 36.8 Å². The molecule has 1 N–H and O–H groups in total. The molecule has 1 amide bonds. The number of hydrogen-bond donors (Lipinski definition) is 1. The van der Waals surface area contributed by atoms with E-state index in [-0.39, 0.29) is 17.2 Å². The number of hydrogen-bond acceptors (Lipinski definition) is 5. The first kappa shape index (κ1) is 23.4. The van der Waals surface area contributed by atoms with E-state index in [0.717, 1.165) is 16.0 Å². The lowest BCUT2D eigenvalue weighted by Crippen LogP contribution is -2.22. The number of halogens is 1. The predicted octanol–water partition coefficient (Wildman–Crippen LogP) is 6.81. The number of para-hydroxylation sites is 2. The lowest BCUT2D eigenvalue weighted by Gasteiger charge is -2.13. The third-order valence-electron chi connectivity index (χ3n) is 5.43. The Morgan fingerprint density at radius 1 is 1.00 bits per heavy atom. The SMILES string of the molecule is Cc1sc2nc(SCC(=O)Nc3ccccc3Cl)n(-c3ccccc3)c(=O)c2c1-c1ccccc1. The second-order valence-corrected chi connectivity index (χ2v) is 10.3. The van der Waals surface area contributed by atoms with E-state index in [0.29, 0.717) is 31.8 Å². The van der Waals surface area contributed by atoms with Crippen molar-refractivity contribution in [1.82, 2.24) is 9.55 Å². The van der Waals surface area contributed by atoms with Crippen molar-refractivity contribution in [2.75, 3.05) is 11.1 Å². The van der Waals surface area contributed by atoms with Gasteiger partial charge in [0.25, 0.3) is 5.56 Å². The van der Waals surface area contributed by atoms with Crippen LogP contribution in [0.3, 0.4) is 0 Å². The maximum Gasteiger partial charge on any atom is 0.268 e. The number of thiophene rings is 1. The second kappa shape index (κ2) is 10.1. The molecule has 0 saturated carbocycles. The third kappa shape index (κ3) is 4.75. The van der Waals surface area contributed by atoms with Gasteiger partial charge in [-0.15, -0.1) is 11.3 Å². The van der Waals surface area contributed by atoms with Crippen molar-refractivity contribution in [2.45, 2.75) is 12.1 Å². The summed E-state index contributed by atoms with van der Waals surface area (Å²) in [6.07, 6.45) is 0. The smallest absolute Gasteiger partial charge is 0.268 e. The summed E-state index contributed by atoms with van der Waals surface area (Å²) >= 11 is 8.87. The second-order valence-electron chi connectivity index (χ2n) is 7.77. The molecule has 0 bridgehead atoms. The van der Waals surface area contributed by atoms with Crippen LogP contribution in [0.15, 0.2) is 94.9 Å². The molecule has 0 aliphatic rings. The van der Waals surface area contributed by atoms with Crippen molar-refractivity contribution in [3.05, 3.63) is 105 Å². The highest BCUT2D eigenvalue weighted by Gasteiger charge is 2.21. The van der Waals surface area contributed by atoms with Gasteiger partial charge in [0.15, 0.2) is 5.16 Å². The highest BCUT2D eigenvalue weighted by Crippen LogP contribution is 2.37. The van der Waals surface area contributed by atoms with E-state index in [4.69, 9.17) is 16.6 Å². The van der Waals surface area contributed by atoms with E-state index in [1.54, 1.807) is 28.8 Å². The van der Waals surface area contributed by atoms with E-state index < -0.39 is 0 Å². The molecule has 35 heavy (non-hydrogen) atoms. The molecule has 2 heterocycles. The molecule has 0 spiro atoms. The first-order valence-electron chi connectivity index (χ1n) is 10.9. The molecule has 0 radical (unpaired) electrons. The van der Waals surface area contributed by atoms with E-state index in [2.05, 4.69) is 5.32 Å². The van der Waals surface area contributed by atoms with Gasteiger partial charge < -0.3 is 5.32 Å². The number of benzene rings is 3. The molecule has 5 nitrogen and oxygen atoms in total. The van der Waals surface area contributed by atoms with E-state index >= 15 is 0 Å². The lowest BCUT2D eigenvalue weighted by molar-refractivity contribution is -0.113. The molecule has 0 fully saturated rings. The van der Waals surface area contributed by atoms with E-state index in [1.807, 2.05) is 67.6 Å². The molecule has 0 aliphatic carbocycles. The van der Waals surface area contributed by atoms with Crippen LogP contribution in [0.1, 0.15) is 4.88 Å². The fraction of sp³-hybridized carbons (Fsp3) is 0.0741. The molecule has 0 aliphatic heterocycles. The Balaban J connectivity index is 1.58. The topological polar surface area (TPSA) is 64.0 Å². The van der Waals surface area contributed by atoms with Crippen LogP contribution in [-0.4, -0.2) is 21.2 Å². The lowest BCUT2D eigenvalue weighted by atomic mass is 10.0. The summed E-state index contributed by atoms with van der Waals surface area (Å²) in [7, 11) is 0. The number of nitrogens with zero attached hydrogens (tertiary/aromatic N) is 2. The van der Waals surface area contributed by atoms with E-state index in [1.165, 1.54) is 23.1 Å². The van der Waals surface area contributed by atoms with Crippen molar-refractivity contribution in [2.24, 2.45) is 0 Å². The summed E-state index contributed by atoms with van der Waals surface area (Å²) in [6, 6.07) is 26.3. The minimum absolute atomic E-state index is 0.0753. The van der Waals surface area contributed by atoms with Gasteiger partial charge in [0.2, 0.25) is 5.91 Å². The largest absolute Gasteiger partial charge is 0.324 e. The average molecular weight is 518 g/mol. The summed E-state index contributed by atoms with van der Waals surface area (Å²) in [4.78, 5) is 33.1. The quantitative estimate of drug-likeness (QED) is 0.198. The minimum Gasteiger partial charge on any atom is -0.324 e. The molecule has 0 saturated heterocycles. The van der Waals surface area contributed by atoms with Crippen molar-refractivity contribution in [1.29, 1.82) is 0 Å². The number of thioether (sulfide) groups is 1. The molecule has 0 atom stereocenters. The fourth-order valence-electron chi connectivity index (χ4n) is 3.88. The maximum atomic E-state index is 13.9. The van der Waals surface area contributed by atoms with Crippen LogP contribution < -0.4 is 10.9 Å². The third-order valence-corrected chi connectivity index (χ3v) is 7.70. The molecule has 3 aromatic carbocycles. The fourth-order valence-corrected chi connectivity index (χ4v) is 5.96. The molecule has 8 heteroatoms. The van der Waals surface area contributed by atoms with Crippen LogP contribution in [0.4, 0.5) is 5.69 Å². The average Bonchev–Trinajstić information content (AvgIpc) is 3.21. The molecule has 2 aromatic heterocycles. The summed E-state index contributed by atoms with van der Waals surface area (Å²) in [6.45, 7) is 2.00. The molecule has 5 aromatic rings. The number of aryl methyl sites for hydroxylation is 1. The normalized spacial score (nSPS) is 11.0. The van der Waals surface area contributed by atoms with Gasteiger partial charge in [-0.2, -0.15) is 0 Å². The van der Waals surface area contributed by atoms with Crippen LogP contribution in [0.2, 0.25) is 5.02 Å². The summed E-state index contributed by atoms with van der Waals surface area (Å²) in [5, 5.41) is 4.34. The van der Waals surface area contributed by atoms with Crippen LogP contribution >= 0.6 is 34.7 Å². The van der Waals surface area contributed by atoms with Gasteiger partial charge in [-0.1, -0.05) is 84.0 Å². The number of fused-ring (bicyclic) bond motifs is 1. The Kier molecular flexibility index (Phi) is 6.72. The standard InChI is InChI=1S/C27H20ClN3O2S2/c1-17-23(18-10-4-2-5-11-18)24-25(35-17)30-27(31(26(24)33)19-12-6-3-7-13-19)34-16-22(32)29-21-15-9-8-14-20(21)28/h2-15H,16H2,1H3,(H,29,32). The zero-order valence-corrected chi connectivity index (χ0v) is 21.1. The Labute approximate surface area is 215 Å². The number of nitrogens with one attached hydrogen (secondary N) is 1. The van der Waals surface area contributed by atoms with Gasteiger partial charge in [0.05, 0.1) is 27.5 Å². The van der Waals surface area contributed by atoms with Crippen molar-refractivity contribution in [3.8, 4) is 16.8 Å². The highest BCUT2D eigenvalue weighted by molar-refractivity contribution is 7.99. The van der Waals surface area contributed by atoms with Gasteiger partial charge in [0, 0.05) is 10.4 Å². The van der Waals surface area contributed by atoms with Crippen molar-refractivity contribution < 1.29 is 4.79 Å².